The third kappa shape index (κ3) is 4.11. The van der Waals surface area contributed by atoms with Gasteiger partial charge < -0.3 is 15.1 Å². The summed E-state index contributed by atoms with van der Waals surface area (Å²) in [6.07, 6.45) is 2.94. The van der Waals surface area contributed by atoms with E-state index in [0.717, 1.165) is 5.56 Å². The highest BCUT2D eigenvalue weighted by molar-refractivity contribution is 6.30. The van der Waals surface area contributed by atoms with E-state index in [9.17, 15) is 9.59 Å². The zero-order valence-corrected chi connectivity index (χ0v) is 16.6. The zero-order chi connectivity index (χ0) is 21.1. The molecule has 0 atom stereocenters. The first-order chi connectivity index (χ1) is 14.5. The SMILES string of the molecule is Cn1ncc(NC(=O)c2cc(-c3ccc(Cl)cc3)n[nH]2)c1C(=O)NCc1ccco1. The van der Waals surface area contributed by atoms with Crippen molar-refractivity contribution in [2.75, 3.05) is 5.32 Å². The lowest BCUT2D eigenvalue weighted by atomic mass is 10.1. The number of rotatable bonds is 6. The van der Waals surface area contributed by atoms with Crippen LogP contribution in [0, 0.1) is 0 Å². The molecule has 0 aliphatic carbocycles. The number of H-pyrrole nitrogens is 1. The summed E-state index contributed by atoms with van der Waals surface area (Å²) in [5.74, 6) is -0.229. The van der Waals surface area contributed by atoms with Gasteiger partial charge in [-0.1, -0.05) is 23.7 Å². The number of aromatic nitrogens is 4. The number of hydrogen-bond acceptors (Lipinski definition) is 5. The number of carbonyl (C=O) groups is 2. The van der Waals surface area contributed by atoms with Crippen LogP contribution >= 0.6 is 11.6 Å². The van der Waals surface area contributed by atoms with E-state index in [4.69, 9.17) is 16.0 Å². The molecule has 2 amide bonds. The fourth-order valence-corrected chi connectivity index (χ4v) is 2.98. The lowest BCUT2D eigenvalue weighted by molar-refractivity contribution is 0.0939. The molecular formula is C20H17ClN6O3. The van der Waals surface area contributed by atoms with E-state index in [0.29, 0.717) is 16.5 Å². The van der Waals surface area contributed by atoms with Gasteiger partial charge in [0, 0.05) is 17.6 Å². The minimum atomic E-state index is -0.448. The summed E-state index contributed by atoms with van der Waals surface area (Å²) in [7, 11) is 1.62. The molecule has 3 heterocycles. The van der Waals surface area contributed by atoms with Crippen LogP contribution in [0.3, 0.4) is 0 Å². The number of hydrogen-bond donors (Lipinski definition) is 3. The number of anilines is 1. The standard InChI is InChI=1S/C20H17ClN6O3/c1-27-18(20(29)22-10-14-3-2-8-30-14)17(11-23-27)24-19(28)16-9-15(25-26-16)12-4-6-13(21)7-5-12/h2-9,11H,10H2,1H3,(H,22,29)(H,24,28)(H,25,26). The summed E-state index contributed by atoms with van der Waals surface area (Å²) >= 11 is 5.90. The van der Waals surface area contributed by atoms with Gasteiger partial charge in [0.15, 0.2) is 0 Å². The molecule has 3 aromatic heterocycles. The van der Waals surface area contributed by atoms with Crippen molar-refractivity contribution in [2.45, 2.75) is 6.54 Å². The average molecular weight is 425 g/mol. The van der Waals surface area contributed by atoms with E-state index >= 15 is 0 Å². The summed E-state index contributed by atoms with van der Waals surface area (Å²) in [6.45, 7) is 0.218. The van der Waals surface area contributed by atoms with Crippen molar-refractivity contribution in [3.63, 3.8) is 0 Å². The normalized spacial score (nSPS) is 10.7. The van der Waals surface area contributed by atoms with Gasteiger partial charge in [0.1, 0.15) is 17.1 Å². The van der Waals surface area contributed by atoms with Crippen molar-refractivity contribution >= 4 is 29.1 Å². The van der Waals surface area contributed by atoms with E-state index in [1.807, 2.05) is 12.1 Å². The van der Waals surface area contributed by atoms with Crippen LogP contribution in [0.4, 0.5) is 5.69 Å². The molecule has 152 valence electrons. The third-order valence-electron chi connectivity index (χ3n) is 4.37. The van der Waals surface area contributed by atoms with Gasteiger partial charge in [0.25, 0.3) is 11.8 Å². The molecule has 0 bridgehead atoms. The first kappa shape index (κ1) is 19.5. The van der Waals surface area contributed by atoms with Crippen LogP contribution in [0.5, 0.6) is 0 Å². The molecule has 10 heteroatoms. The first-order valence-electron chi connectivity index (χ1n) is 8.96. The van der Waals surface area contributed by atoms with E-state index in [1.54, 1.807) is 37.4 Å². The second kappa shape index (κ2) is 8.26. The molecular weight excluding hydrogens is 408 g/mol. The number of aromatic amines is 1. The molecule has 3 N–H and O–H groups in total. The minimum absolute atomic E-state index is 0.215. The largest absolute Gasteiger partial charge is 0.467 e. The Balaban J connectivity index is 1.47. The summed E-state index contributed by atoms with van der Waals surface area (Å²) < 4.78 is 6.59. The van der Waals surface area contributed by atoms with Crippen LogP contribution in [0.25, 0.3) is 11.3 Å². The Kier molecular flexibility index (Phi) is 5.36. The maximum absolute atomic E-state index is 12.7. The van der Waals surface area contributed by atoms with Crippen molar-refractivity contribution in [2.24, 2.45) is 7.05 Å². The topological polar surface area (TPSA) is 118 Å². The Hall–Kier alpha value is -3.85. The maximum Gasteiger partial charge on any atom is 0.273 e. The van der Waals surface area contributed by atoms with E-state index in [-0.39, 0.29) is 23.6 Å². The van der Waals surface area contributed by atoms with E-state index in [2.05, 4.69) is 25.9 Å². The number of aryl methyl sites for hydroxylation is 1. The van der Waals surface area contributed by atoms with Crippen molar-refractivity contribution in [3.05, 3.63) is 77.1 Å². The Morgan fingerprint density at radius 3 is 2.73 bits per heavy atom. The zero-order valence-electron chi connectivity index (χ0n) is 15.8. The van der Waals surface area contributed by atoms with Gasteiger partial charge in [-0.05, 0) is 30.3 Å². The van der Waals surface area contributed by atoms with Crippen LogP contribution in [-0.4, -0.2) is 31.8 Å². The van der Waals surface area contributed by atoms with Gasteiger partial charge in [-0.25, -0.2) is 0 Å². The van der Waals surface area contributed by atoms with Crippen LogP contribution in [0.1, 0.15) is 26.7 Å². The summed E-state index contributed by atoms with van der Waals surface area (Å²) in [5, 5.41) is 17.0. The molecule has 4 rings (SSSR count). The Morgan fingerprint density at radius 1 is 1.20 bits per heavy atom. The number of nitrogens with one attached hydrogen (secondary N) is 3. The van der Waals surface area contributed by atoms with Gasteiger partial charge >= 0.3 is 0 Å². The fourth-order valence-electron chi connectivity index (χ4n) is 2.86. The molecule has 0 saturated heterocycles. The Labute approximate surface area is 176 Å². The quantitative estimate of drug-likeness (QED) is 0.439. The van der Waals surface area contributed by atoms with Gasteiger partial charge in [-0.2, -0.15) is 10.2 Å². The maximum atomic E-state index is 12.7. The van der Waals surface area contributed by atoms with Crippen LogP contribution in [-0.2, 0) is 13.6 Å². The lowest BCUT2D eigenvalue weighted by Gasteiger charge is -2.07. The van der Waals surface area contributed by atoms with Gasteiger partial charge in [-0.3, -0.25) is 19.4 Å². The van der Waals surface area contributed by atoms with Crippen molar-refractivity contribution in [3.8, 4) is 11.3 Å². The number of carbonyl (C=O) groups excluding carboxylic acids is 2. The molecule has 30 heavy (non-hydrogen) atoms. The number of benzene rings is 1. The smallest absolute Gasteiger partial charge is 0.273 e. The summed E-state index contributed by atoms with van der Waals surface area (Å²) in [6, 6.07) is 12.2. The summed E-state index contributed by atoms with van der Waals surface area (Å²) in [4.78, 5) is 25.2. The highest BCUT2D eigenvalue weighted by Gasteiger charge is 2.20. The Bertz CT molecular complexity index is 1180. The number of halogens is 1. The molecule has 0 spiro atoms. The van der Waals surface area contributed by atoms with Crippen LogP contribution < -0.4 is 10.6 Å². The van der Waals surface area contributed by atoms with Gasteiger partial charge in [-0.15, -0.1) is 0 Å². The second-order valence-corrected chi connectivity index (χ2v) is 6.86. The first-order valence-corrected chi connectivity index (χ1v) is 9.34. The fraction of sp³-hybridized carbons (Fsp3) is 0.100. The molecule has 0 aliphatic heterocycles. The number of amides is 2. The molecule has 4 aromatic rings. The van der Waals surface area contributed by atoms with Crippen LogP contribution in [0.2, 0.25) is 5.02 Å². The Morgan fingerprint density at radius 2 is 2.00 bits per heavy atom. The number of nitrogens with zero attached hydrogens (tertiary/aromatic N) is 3. The third-order valence-corrected chi connectivity index (χ3v) is 4.62. The van der Waals surface area contributed by atoms with Gasteiger partial charge in [0.05, 0.1) is 30.4 Å². The van der Waals surface area contributed by atoms with E-state index in [1.165, 1.54) is 17.1 Å². The predicted octanol–water partition coefficient (Wildman–Crippen LogP) is 3.24. The average Bonchev–Trinajstić information content (AvgIpc) is 3.48. The highest BCUT2D eigenvalue weighted by Crippen LogP contribution is 2.21. The van der Waals surface area contributed by atoms with Crippen molar-refractivity contribution in [1.82, 2.24) is 25.3 Å². The monoisotopic (exact) mass is 424 g/mol. The predicted molar refractivity (Wildman–Crippen MR) is 110 cm³/mol. The molecule has 0 saturated carbocycles. The highest BCUT2D eigenvalue weighted by atomic mass is 35.5. The molecule has 1 aromatic carbocycles. The van der Waals surface area contributed by atoms with Gasteiger partial charge in [0.2, 0.25) is 0 Å². The molecule has 9 nitrogen and oxygen atoms in total. The molecule has 0 radical (unpaired) electrons. The van der Waals surface area contributed by atoms with Crippen molar-refractivity contribution < 1.29 is 14.0 Å². The lowest BCUT2D eigenvalue weighted by Crippen LogP contribution is -2.26. The molecule has 0 unspecified atom stereocenters. The van der Waals surface area contributed by atoms with Crippen molar-refractivity contribution in [1.29, 1.82) is 0 Å². The minimum Gasteiger partial charge on any atom is -0.467 e. The van der Waals surface area contributed by atoms with E-state index < -0.39 is 11.8 Å². The molecule has 0 fully saturated rings. The summed E-state index contributed by atoms with van der Waals surface area (Å²) in [5.41, 5.74) is 2.15. The second-order valence-electron chi connectivity index (χ2n) is 6.42. The molecule has 0 aliphatic rings. The van der Waals surface area contributed by atoms with Crippen LogP contribution in [0.15, 0.2) is 59.3 Å². The number of furan rings is 1.